The lowest BCUT2D eigenvalue weighted by molar-refractivity contribution is 0.0199. The predicted molar refractivity (Wildman–Crippen MR) is 110 cm³/mol. The SMILES string of the molecule is COc1cc(C)cc(OC)c1[C@H](C1CCOCC1)N1CCNCC1.Cl.Cl. The van der Waals surface area contributed by atoms with E-state index in [1.165, 1.54) is 11.1 Å². The molecule has 26 heavy (non-hydrogen) atoms. The first-order chi connectivity index (χ1) is 11.7. The number of halogens is 2. The molecule has 2 heterocycles. The van der Waals surface area contributed by atoms with E-state index in [0.717, 1.165) is 63.7 Å². The monoisotopic (exact) mass is 406 g/mol. The van der Waals surface area contributed by atoms with Crippen LogP contribution in [0.1, 0.15) is 30.0 Å². The minimum Gasteiger partial charge on any atom is -0.496 e. The Balaban J connectivity index is 0.00000169. The molecular weight excluding hydrogens is 375 g/mol. The third-order valence-corrected chi connectivity index (χ3v) is 5.24. The first-order valence-electron chi connectivity index (χ1n) is 8.99. The number of methoxy groups -OCH3 is 2. The first kappa shape index (κ1) is 23.3. The summed E-state index contributed by atoms with van der Waals surface area (Å²) >= 11 is 0. The molecule has 0 unspecified atom stereocenters. The van der Waals surface area contributed by atoms with E-state index in [1.807, 2.05) is 0 Å². The molecule has 1 N–H and O–H groups in total. The molecule has 1 aromatic rings. The Hall–Kier alpha value is -0.720. The van der Waals surface area contributed by atoms with Crippen LogP contribution in [0.5, 0.6) is 11.5 Å². The zero-order valence-corrected chi connectivity index (χ0v) is 17.6. The van der Waals surface area contributed by atoms with Crippen LogP contribution < -0.4 is 14.8 Å². The Morgan fingerprint density at radius 1 is 1.04 bits per heavy atom. The van der Waals surface area contributed by atoms with Gasteiger partial charge in [0.2, 0.25) is 0 Å². The largest absolute Gasteiger partial charge is 0.496 e. The quantitative estimate of drug-likeness (QED) is 0.812. The fourth-order valence-electron chi connectivity index (χ4n) is 4.07. The molecule has 2 aliphatic rings. The van der Waals surface area contributed by atoms with Gasteiger partial charge in [-0.3, -0.25) is 4.90 Å². The molecule has 0 spiro atoms. The first-order valence-corrected chi connectivity index (χ1v) is 8.99. The van der Waals surface area contributed by atoms with E-state index in [-0.39, 0.29) is 24.8 Å². The maximum atomic E-state index is 5.78. The lowest BCUT2D eigenvalue weighted by Gasteiger charge is -2.42. The van der Waals surface area contributed by atoms with Gasteiger partial charge in [-0.05, 0) is 43.4 Å². The van der Waals surface area contributed by atoms with E-state index in [1.54, 1.807) is 14.2 Å². The third kappa shape index (κ3) is 5.17. The molecule has 150 valence electrons. The van der Waals surface area contributed by atoms with Crippen molar-refractivity contribution in [3.05, 3.63) is 23.3 Å². The second-order valence-corrected chi connectivity index (χ2v) is 6.76. The Morgan fingerprint density at radius 3 is 2.08 bits per heavy atom. The van der Waals surface area contributed by atoms with Gasteiger partial charge in [0.25, 0.3) is 0 Å². The van der Waals surface area contributed by atoms with Gasteiger partial charge in [-0.15, -0.1) is 24.8 Å². The summed E-state index contributed by atoms with van der Waals surface area (Å²) in [6.45, 7) is 7.98. The number of nitrogens with zero attached hydrogens (tertiary/aromatic N) is 1. The maximum absolute atomic E-state index is 5.78. The fourth-order valence-corrected chi connectivity index (χ4v) is 4.07. The molecule has 1 aromatic carbocycles. The van der Waals surface area contributed by atoms with Crippen molar-refractivity contribution < 1.29 is 14.2 Å². The molecule has 0 aliphatic carbocycles. The number of nitrogens with one attached hydrogen (secondary N) is 1. The van der Waals surface area contributed by atoms with Crippen molar-refractivity contribution in [3.63, 3.8) is 0 Å². The van der Waals surface area contributed by atoms with Crippen molar-refractivity contribution in [2.45, 2.75) is 25.8 Å². The normalized spacial score (nSPS) is 19.8. The molecule has 2 saturated heterocycles. The Bertz CT molecular complexity index is 505. The molecule has 7 heteroatoms. The van der Waals surface area contributed by atoms with Crippen molar-refractivity contribution in [2.75, 3.05) is 53.6 Å². The number of benzene rings is 1. The highest BCUT2D eigenvalue weighted by molar-refractivity contribution is 5.85. The predicted octanol–water partition coefficient (Wildman–Crippen LogP) is 3.23. The minimum absolute atomic E-state index is 0. The van der Waals surface area contributed by atoms with Crippen molar-refractivity contribution >= 4 is 24.8 Å². The summed E-state index contributed by atoms with van der Waals surface area (Å²) in [4.78, 5) is 2.60. The summed E-state index contributed by atoms with van der Waals surface area (Å²) in [5.74, 6) is 2.46. The van der Waals surface area contributed by atoms with Gasteiger partial charge in [-0.25, -0.2) is 0 Å². The summed E-state index contributed by atoms with van der Waals surface area (Å²) < 4.78 is 17.2. The zero-order chi connectivity index (χ0) is 16.9. The Labute approximate surface area is 169 Å². The highest BCUT2D eigenvalue weighted by atomic mass is 35.5. The molecule has 3 rings (SSSR count). The standard InChI is InChI=1S/C19H30N2O3.2ClH/c1-14-12-16(22-2)18(17(13-14)23-3)19(15-4-10-24-11-5-15)21-8-6-20-7-9-21;;/h12-13,15,19-20H,4-11H2,1-3H3;2*1H/t19-;;/m0../s1. The molecular formula is C19H32Cl2N2O3. The van der Waals surface area contributed by atoms with Crippen LogP contribution in [0.4, 0.5) is 0 Å². The van der Waals surface area contributed by atoms with Crippen LogP contribution in [-0.4, -0.2) is 58.5 Å². The van der Waals surface area contributed by atoms with E-state index < -0.39 is 0 Å². The van der Waals surface area contributed by atoms with Gasteiger partial charge >= 0.3 is 0 Å². The number of aryl methyl sites for hydroxylation is 1. The van der Waals surface area contributed by atoms with Gasteiger partial charge in [0.05, 0.1) is 19.8 Å². The molecule has 1 atom stereocenters. The van der Waals surface area contributed by atoms with Crippen molar-refractivity contribution in [3.8, 4) is 11.5 Å². The highest BCUT2D eigenvalue weighted by Crippen LogP contribution is 2.44. The summed E-state index contributed by atoms with van der Waals surface area (Å²) in [6, 6.07) is 4.58. The van der Waals surface area contributed by atoms with Gasteiger partial charge in [0.15, 0.2) is 0 Å². The van der Waals surface area contributed by atoms with E-state index in [0.29, 0.717) is 12.0 Å². The van der Waals surface area contributed by atoms with E-state index in [9.17, 15) is 0 Å². The average molecular weight is 407 g/mol. The molecule has 2 aliphatic heterocycles. The van der Waals surface area contributed by atoms with Crippen LogP contribution in [0.15, 0.2) is 12.1 Å². The van der Waals surface area contributed by atoms with Crippen LogP contribution in [0.3, 0.4) is 0 Å². The van der Waals surface area contributed by atoms with E-state index >= 15 is 0 Å². The minimum atomic E-state index is 0. The van der Waals surface area contributed by atoms with Gasteiger partial charge < -0.3 is 19.5 Å². The van der Waals surface area contributed by atoms with Gasteiger partial charge in [-0.2, -0.15) is 0 Å². The zero-order valence-electron chi connectivity index (χ0n) is 16.0. The molecule has 0 amide bonds. The van der Waals surface area contributed by atoms with Crippen LogP contribution >= 0.6 is 24.8 Å². The van der Waals surface area contributed by atoms with Crippen molar-refractivity contribution in [2.24, 2.45) is 5.92 Å². The fraction of sp³-hybridized carbons (Fsp3) is 0.684. The van der Waals surface area contributed by atoms with E-state index in [4.69, 9.17) is 14.2 Å². The summed E-state index contributed by atoms with van der Waals surface area (Å²) in [5.41, 5.74) is 2.37. The van der Waals surface area contributed by atoms with Gasteiger partial charge in [0, 0.05) is 45.4 Å². The lowest BCUT2D eigenvalue weighted by atomic mass is 9.84. The molecule has 0 saturated carbocycles. The van der Waals surface area contributed by atoms with Crippen LogP contribution in [0.2, 0.25) is 0 Å². The maximum Gasteiger partial charge on any atom is 0.127 e. The number of hydrogen-bond acceptors (Lipinski definition) is 5. The number of piperazine rings is 1. The Kier molecular flexibility index (Phi) is 10.0. The summed E-state index contributed by atoms with van der Waals surface area (Å²) in [5, 5.41) is 3.46. The molecule has 5 nitrogen and oxygen atoms in total. The molecule has 0 radical (unpaired) electrons. The number of rotatable bonds is 5. The molecule has 0 bridgehead atoms. The second-order valence-electron chi connectivity index (χ2n) is 6.76. The lowest BCUT2D eigenvalue weighted by Crippen LogP contribution is -2.47. The van der Waals surface area contributed by atoms with Crippen LogP contribution in [-0.2, 0) is 4.74 Å². The third-order valence-electron chi connectivity index (χ3n) is 5.24. The van der Waals surface area contributed by atoms with E-state index in [2.05, 4.69) is 29.3 Å². The molecule has 2 fully saturated rings. The van der Waals surface area contributed by atoms with Crippen LogP contribution in [0.25, 0.3) is 0 Å². The topological polar surface area (TPSA) is 43.0 Å². The van der Waals surface area contributed by atoms with Gasteiger partial charge in [-0.1, -0.05) is 0 Å². The Morgan fingerprint density at radius 2 is 1.58 bits per heavy atom. The smallest absolute Gasteiger partial charge is 0.127 e. The van der Waals surface area contributed by atoms with Crippen LogP contribution in [0, 0.1) is 12.8 Å². The second kappa shape index (κ2) is 11.2. The highest BCUT2D eigenvalue weighted by Gasteiger charge is 2.35. The number of hydrogen-bond donors (Lipinski definition) is 1. The van der Waals surface area contributed by atoms with Gasteiger partial charge in [0.1, 0.15) is 11.5 Å². The summed E-state index contributed by atoms with van der Waals surface area (Å²) in [6.07, 6.45) is 2.18. The van der Waals surface area contributed by atoms with Crippen molar-refractivity contribution in [1.29, 1.82) is 0 Å². The van der Waals surface area contributed by atoms with Crippen molar-refractivity contribution in [1.82, 2.24) is 10.2 Å². The molecule has 0 aromatic heterocycles. The summed E-state index contributed by atoms with van der Waals surface area (Å²) in [7, 11) is 3.52. The number of ether oxygens (including phenoxy) is 3. The average Bonchev–Trinajstić information content (AvgIpc) is 2.64.